The second-order valence-electron chi connectivity index (χ2n) is 5.87. The van der Waals surface area contributed by atoms with E-state index in [2.05, 4.69) is 0 Å². The minimum Gasteiger partial charge on any atom is -0.481 e. The van der Waals surface area contributed by atoms with Gasteiger partial charge in [0.2, 0.25) is 0 Å². The van der Waals surface area contributed by atoms with Gasteiger partial charge in [-0.15, -0.1) is 0 Å². The summed E-state index contributed by atoms with van der Waals surface area (Å²) in [6.45, 7) is 1.50. The Hall–Kier alpha value is -2.12. The molecule has 21 heavy (non-hydrogen) atoms. The maximum atomic E-state index is 11.3. The lowest BCUT2D eigenvalue weighted by atomic mass is 9.45. The Labute approximate surface area is 119 Å². The third-order valence-electron chi connectivity index (χ3n) is 5.06. The van der Waals surface area contributed by atoms with Gasteiger partial charge >= 0.3 is 23.9 Å². The lowest BCUT2D eigenvalue weighted by Gasteiger charge is -2.56. The minimum absolute atomic E-state index is 0.109. The van der Waals surface area contributed by atoms with E-state index in [1.165, 1.54) is 6.92 Å². The molecule has 0 saturated heterocycles. The SMILES string of the molecule is CC1C(C(=O)O)C(C(=O)O)CC2C(C(=O)O)C(C(=O)O)C12. The molecule has 7 unspecified atom stereocenters. The highest BCUT2D eigenvalue weighted by molar-refractivity contribution is 5.85. The van der Waals surface area contributed by atoms with Crippen LogP contribution in [0.3, 0.4) is 0 Å². The molecule has 0 heterocycles. The molecule has 0 aromatic rings. The van der Waals surface area contributed by atoms with Crippen LogP contribution < -0.4 is 0 Å². The summed E-state index contributed by atoms with van der Waals surface area (Å²) in [4.78, 5) is 45.1. The highest BCUT2D eigenvalue weighted by atomic mass is 16.4. The molecule has 2 aliphatic rings. The van der Waals surface area contributed by atoms with E-state index in [4.69, 9.17) is 5.11 Å². The van der Waals surface area contributed by atoms with Gasteiger partial charge in [0.15, 0.2) is 0 Å². The number of carboxylic acids is 4. The van der Waals surface area contributed by atoms with Crippen molar-refractivity contribution in [3.8, 4) is 0 Å². The van der Waals surface area contributed by atoms with Crippen molar-refractivity contribution in [2.75, 3.05) is 0 Å². The average molecular weight is 300 g/mol. The summed E-state index contributed by atoms with van der Waals surface area (Å²) in [6.07, 6.45) is -0.109. The van der Waals surface area contributed by atoms with Gasteiger partial charge in [-0.3, -0.25) is 19.2 Å². The van der Waals surface area contributed by atoms with Crippen molar-refractivity contribution in [2.24, 2.45) is 41.4 Å². The van der Waals surface area contributed by atoms with Gasteiger partial charge in [0.1, 0.15) is 0 Å². The Balaban J connectivity index is 2.37. The number of hydrogen-bond donors (Lipinski definition) is 4. The van der Waals surface area contributed by atoms with Gasteiger partial charge in [-0.05, 0) is 24.2 Å². The van der Waals surface area contributed by atoms with E-state index < -0.39 is 65.3 Å². The second kappa shape index (κ2) is 5.01. The van der Waals surface area contributed by atoms with Crippen molar-refractivity contribution in [1.82, 2.24) is 0 Å². The van der Waals surface area contributed by atoms with E-state index in [0.717, 1.165) is 0 Å². The Kier molecular flexibility index (Phi) is 3.65. The third-order valence-corrected chi connectivity index (χ3v) is 5.06. The molecule has 2 aliphatic carbocycles. The second-order valence-corrected chi connectivity index (χ2v) is 5.87. The van der Waals surface area contributed by atoms with Gasteiger partial charge in [-0.1, -0.05) is 6.92 Å². The fraction of sp³-hybridized carbons (Fsp3) is 0.692. The molecule has 0 radical (unpaired) electrons. The van der Waals surface area contributed by atoms with Crippen LogP contribution in [0, 0.1) is 41.4 Å². The molecule has 116 valence electrons. The predicted octanol–water partition coefficient (Wildman–Crippen LogP) is 0.0754. The summed E-state index contributed by atoms with van der Waals surface area (Å²) in [7, 11) is 0. The van der Waals surface area contributed by atoms with E-state index in [9.17, 15) is 34.5 Å². The minimum atomic E-state index is -1.28. The van der Waals surface area contributed by atoms with E-state index >= 15 is 0 Å². The summed E-state index contributed by atoms with van der Waals surface area (Å²) >= 11 is 0. The van der Waals surface area contributed by atoms with Crippen LogP contribution in [0.25, 0.3) is 0 Å². The van der Waals surface area contributed by atoms with Gasteiger partial charge in [0.05, 0.1) is 23.7 Å². The Morgan fingerprint density at radius 2 is 1.24 bits per heavy atom. The van der Waals surface area contributed by atoms with Crippen LogP contribution >= 0.6 is 0 Å². The van der Waals surface area contributed by atoms with E-state index in [1.807, 2.05) is 0 Å². The number of hydrogen-bond acceptors (Lipinski definition) is 4. The van der Waals surface area contributed by atoms with Gasteiger partial charge < -0.3 is 20.4 Å². The first-order valence-electron chi connectivity index (χ1n) is 6.59. The van der Waals surface area contributed by atoms with Crippen LogP contribution in [-0.4, -0.2) is 44.3 Å². The van der Waals surface area contributed by atoms with Crippen LogP contribution in [0.1, 0.15) is 13.3 Å². The molecular formula is C13H16O8. The van der Waals surface area contributed by atoms with Crippen molar-refractivity contribution < 1.29 is 39.6 Å². The number of fused-ring (bicyclic) bond motifs is 1. The topological polar surface area (TPSA) is 149 Å². The highest BCUT2D eigenvalue weighted by Crippen LogP contribution is 2.59. The molecule has 0 aromatic heterocycles. The molecule has 8 heteroatoms. The van der Waals surface area contributed by atoms with Crippen LogP contribution in [-0.2, 0) is 19.2 Å². The predicted molar refractivity (Wildman–Crippen MR) is 65.3 cm³/mol. The first-order chi connectivity index (χ1) is 9.68. The maximum Gasteiger partial charge on any atom is 0.307 e. The van der Waals surface area contributed by atoms with Crippen LogP contribution in [0.15, 0.2) is 0 Å². The lowest BCUT2D eigenvalue weighted by molar-refractivity contribution is -0.197. The number of rotatable bonds is 4. The third kappa shape index (κ3) is 2.14. The molecule has 0 bridgehead atoms. The average Bonchev–Trinajstić information content (AvgIpc) is 2.28. The molecule has 0 spiro atoms. The van der Waals surface area contributed by atoms with Gasteiger partial charge in [0.25, 0.3) is 0 Å². The molecule has 0 aliphatic heterocycles. The fourth-order valence-corrected chi connectivity index (χ4v) is 4.24. The van der Waals surface area contributed by atoms with Crippen molar-refractivity contribution >= 4 is 23.9 Å². The van der Waals surface area contributed by atoms with Crippen molar-refractivity contribution in [3.63, 3.8) is 0 Å². The molecule has 2 saturated carbocycles. The zero-order valence-electron chi connectivity index (χ0n) is 11.2. The van der Waals surface area contributed by atoms with Crippen molar-refractivity contribution in [2.45, 2.75) is 13.3 Å². The largest absolute Gasteiger partial charge is 0.481 e. The molecular weight excluding hydrogens is 284 g/mol. The zero-order chi connectivity index (χ0) is 16.1. The Morgan fingerprint density at radius 3 is 1.62 bits per heavy atom. The molecule has 4 N–H and O–H groups in total. The number of carboxylic acid groups (broad SMARTS) is 4. The lowest BCUT2D eigenvalue weighted by Crippen LogP contribution is -2.62. The van der Waals surface area contributed by atoms with E-state index in [0.29, 0.717) is 0 Å². The molecule has 0 amide bonds. The Morgan fingerprint density at radius 1 is 0.762 bits per heavy atom. The van der Waals surface area contributed by atoms with Crippen LogP contribution in [0.5, 0.6) is 0 Å². The maximum absolute atomic E-state index is 11.3. The molecule has 0 aromatic carbocycles. The quantitative estimate of drug-likeness (QED) is 0.570. The summed E-state index contributed by atoms with van der Waals surface area (Å²) < 4.78 is 0. The van der Waals surface area contributed by atoms with Crippen molar-refractivity contribution in [1.29, 1.82) is 0 Å². The zero-order valence-corrected chi connectivity index (χ0v) is 11.2. The summed E-state index contributed by atoms with van der Waals surface area (Å²) in [5, 5.41) is 36.7. The van der Waals surface area contributed by atoms with Gasteiger partial charge in [-0.2, -0.15) is 0 Å². The normalized spacial score (nSPS) is 41.5. The monoisotopic (exact) mass is 300 g/mol. The molecule has 2 rings (SSSR count). The molecule has 2 fully saturated rings. The van der Waals surface area contributed by atoms with E-state index in [-0.39, 0.29) is 6.42 Å². The van der Waals surface area contributed by atoms with Crippen LogP contribution in [0.4, 0.5) is 0 Å². The first-order valence-corrected chi connectivity index (χ1v) is 6.59. The standard InChI is InChI=1S/C13H16O8/c1-3-6-4(8(12(18)19)9(6)13(20)21)2-5(10(14)15)7(3)11(16)17/h3-9H,2H2,1H3,(H,14,15)(H,16,17)(H,18,19)(H,20,21). The highest BCUT2D eigenvalue weighted by Gasteiger charge is 2.65. The van der Waals surface area contributed by atoms with Crippen molar-refractivity contribution in [3.05, 3.63) is 0 Å². The first kappa shape index (κ1) is 15.3. The molecule has 8 nitrogen and oxygen atoms in total. The summed E-state index contributed by atoms with van der Waals surface area (Å²) in [5.74, 6) is -11.7. The smallest absolute Gasteiger partial charge is 0.307 e. The Bertz CT molecular complexity index is 498. The van der Waals surface area contributed by atoms with Crippen LogP contribution in [0.2, 0.25) is 0 Å². The summed E-state index contributed by atoms with van der Waals surface area (Å²) in [6, 6.07) is 0. The number of carbonyl (C=O) groups is 4. The van der Waals surface area contributed by atoms with Gasteiger partial charge in [-0.25, -0.2) is 0 Å². The van der Waals surface area contributed by atoms with E-state index in [1.54, 1.807) is 0 Å². The fourth-order valence-electron chi connectivity index (χ4n) is 4.24. The van der Waals surface area contributed by atoms with Gasteiger partial charge in [0, 0.05) is 0 Å². The summed E-state index contributed by atoms with van der Waals surface area (Å²) in [5.41, 5.74) is 0. The molecule has 7 atom stereocenters. The number of aliphatic carboxylic acids is 4.